The topological polar surface area (TPSA) is 136 Å². The number of amides is 3. The predicted molar refractivity (Wildman–Crippen MR) is 147 cm³/mol. The van der Waals surface area contributed by atoms with Crippen LogP contribution in [-0.4, -0.2) is 41.4 Å². The number of carbonyl (C=O) groups excluding carboxylic acids is 3. The number of imidazole rings is 1. The van der Waals surface area contributed by atoms with Crippen molar-refractivity contribution in [3.8, 4) is 0 Å². The Kier molecular flexibility index (Phi) is 7.84. The van der Waals surface area contributed by atoms with E-state index in [2.05, 4.69) is 30.4 Å². The van der Waals surface area contributed by atoms with E-state index in [1.807, 2.05) is 24.3 Å². The van der Waals surface area contributed by atoms with Gasteiger partial charge in [0.2, 0.25) is 11.7 Å². The first-order chi connectivity index (χ1) is 19.3. The van der Waals surface area contributed by atoms with Gasteiger partial charge >= 0.3 is 0 Å². The number of rotatable bonds is 5. The average molecular weight is 581 g/mol. The molecule has 0 radical (unpaired) electrons. The Morgan fingerprint density at radius 3 is 2.62 bits per heavy atom. The van der Waals surface area contributed by atoms with Gasteiger partial charge in [0.15, 0.2) is 5.82 Å². The van der Waals surface area contributed by atoms with Crippen LogP contribution in [0.5, 0.6) is 0 Å². The van der Waals surface area contributed by atoms with E-state index >= 15 is 0 Å². The van der Waals surface area contributed by atoms with E-state index < -0.39 is 11.8 Å². The van der Waals surface area contributed by atoms with E-state index in [1.165, 1.54) is 40.4 Å². The van der Waals surface area contributed by atoms with Gasteiger partial charge in [-0.05, 0) is 47.9 Å². The number of anilines is 1. The lowest BCUT2D eigenvalue weighted by atomic mass is 10.2. The van der Waals surface area contributed by atoms with Crippen molar-refractivity contribution in [1.82, 2.24) is 34.3 Å². The molecular weight excluding hydrogens is 559 g/mol. The van der Waals surface area contributed by atoms with Crippen molar-refractivity contribution in [3.05, 3.63) is 94.5 Å². The van der Waals surface area contributed by atoms with E-state index in [4.69, 9.17) is 11.6 Å². The Bertz CT molecular complexity index is 1690. The molecule has 0 spiro atoms. The van der Waals surface area contributed by atoms with Gasteiger partial charge in [-0.3, -0.25) is 19.1 Å². The molecular formula is C26H22ClFN8O3S. The summed E-state index contributed by atoms with van der Waals surface area (Å²) < 4.78 is 20.3. The van der Waals surface area contributed by atoms with Gasteiger partial charge in [0.05, 0.1) is 29.2 Å². The van der Waals surface area contributed by atoms with E-state index in [1.54, 1.807) is 24.0 Å². The van der Waals surface area contributed by atoms with Crippen molar-refractivity contribution in [2.75, 3.05) is 5.32 Å². The molecule has 1 aliphatic rings. The molecule has 4 heterocycles. The van der Waals surface area contributed by atoms with Gasteiger partial charge in [-0.15, -0.1) is 0 Å². The number of nitrogens with zero attached hydrogens (tertiary/aromatic N) is 5. The van der Waals surface area contributed by atoms with Crippen molar-refractivity contribution in [2.24, 2.45) is 7.05 Å². The second-order valence-electron chi connectivity index (χ2n) is 8.67. The van der Waals surface area contributed by atoms with E-state index in [0.717, 1.165) is 10.1 Å². The minimum atomic E-state index is -0.466. The summed E-state index contributed by atoms with van der Waals surface area (Å²) in [6.45, 7) is 0.289. The molecule has 0 aliphatic carbocycles. The number of fused-ring (bicyclic) bond motifs is 2. The summed E-state index contributed by atoms with van der Waals surface area (Å²) in [7, 11) is 1.79. The maximum Gasteiger partial charge on any atom is 0.287 e. The van der Waals surface area contributed by atoms with Crippen LogP contribution in [0.3, 0.4) is 0 Å². The predicted octanol–water partition coefficient (Wildman–Crippen LogP) is 3.52. The Hall–Kier alpha value is -4.62. The van der Waals surface area contributed by atoms with Gasteiger partial charge in [0.25, 0.3) is 11.8 Å². The first kappa shape index (κ1) is 27.0. The average Bonchev–Trinajstić information content (AvgIpc) is 3.66. The third kappa shape index (κ3) is 6.00. The fraction of sp³-hybridized carbons (Fsp3) is 0.154. The lowest BCUT2D eigenvalue weighted by Crippen LogP contribution is -2.37. The van der Waals surface area contributed by atoms with Crippen molar-refractivity contribution in [2.45, 2.75) is 19.6 Å². The number of carbonyl (C=O) groups is 3. The Morgan fingerprint density at radius 1 is 1.12 bits per heavy atom. The second-order valence-corrected chi connectivity index (χ2v) is 9.92. The lowest BCUT2D eigenvalue weighted by Gasteiger charge is -2.17. The summed E-state index contributed by atoms with van der Waals surface area (Å²) in [4.78, 5) is 42.0. The molecule has 2 aromatic carbocycles. The zero-order valence-corrected chi connectivity index (χ0v) is 22.6. The monoisotopic (exact) mass is 580 g/mol. The molecule has 0 bridgehead atoms. The van der Waals surface area contributed by atoms with Gasteiger partial charge in [0, 0.05) is 23.7 Å². The molecule has 204 valence electrons. The van der Waals surface area contributed by atoms with Crippen LogP contribution in [0.1, 0.15) is 32.5 Å². The molecule has 40 heavy (non-hydrogen) atoms. The molecule has 1 aliphatic heterocycles. The Balaban J connectivity index is 0.000000348. The quantitative estimate of drug-likeness (QED) is 0.291. The van der Waals surface area contributed by atoms with Gasteiger partial charge in [-0.25, -0.2) is 9.37 Å². The molecule has 0 atom stereocenters. The number of nitrogens with one attached hydrogen (secondary N) is 3. The van der Waals surface area contributed by atoms with Gasteiger partial charge in [-0.2, -0.15) is 9.47 Å². The zero-order valence-electron chi connectivity index (χ0n) is 21.0. The molecule has 5 aromatic rings. The van der Waals surface area contributed by atoms with Crippen LogP contribution >= 0.6 is 23.1 Å². The summed E-state index contributed by atoms with van der Waals surface area (Å²) in [5.74, 6) is -1.13. The molecule has 3 amide bonds. The summed E-state index contributed by atoms with van der Waals surface area (Å²) in [6, 6.07) is 14.9. The number of hydrogen-bond donors (Lipinski definition) is 3. The summed E-state index contributed by atoms with van der Waals surface area (Å²) in [6.07, 6.45) is 1.78. The summed E-state index contributed by atoms with van der Waals surface area (Å²) in [5.41, 5.74) is 1.52. The molecule has 0 saturated carbocycles. The fourth-order valence-electron chi connectivity index (χ4n) is 3.94. The zero-order chi connectivity index (χ0) is 28.2. The molecule has 3 aromatic heterocycles. The second kappa shape index (κ2) is 11.6. The summed E-state index contributed by atoms with van der Waals surface area (Å²) >= 11 is 6.68. The fourth-order valence-corrected chi connectivity index (χ4v) is 4.84. The lowest BCUT2D eigenvalue weighted by molar-refractivity contribution is -0.122. The Labute approximate surface area is 236 Å². The number of benzene rings is 2. The largest absolute Gasteiger partial charge is 0.349 e. The standard InChI is InChI=1S/C20H18N8O3S.C6H4ClF/c1-27-7-6-11(25-27)8-22-20(31)18-23-17(13-9-21-15(29)10-28(13)18)24-19(30)16-12-4-2-3-5-14(12)32-26-16;7-5-1-3-6(8)4-2-5/h2-7H,8-10H2,1H3,(H,21,29)(H,22,31)(H,24,30);1-4H. The smallest absolute Gasteiger partial charge is 0.287 e. The maximum absolute atomic E-state index is 12.9. The molecule has 0 saturated heterocycles. The van der Waals surface area contributed by atoms with Gasteiger partial charge < -0.3 is 20.5 Å². The Morgan fingerprint density at radius 2 is 1.90 bits per heavy atom. The minimum absolute atomic E-state index is 0.0456. The van der Waals surface area contributed by atoms with Crippen LogP contribution in [0.4, 0.5) is 10.2 Å². The van der Waals surface area contributed by atoms with Crippen LogP contribution in [-0.2, 0) is 31.5 Å². The highest BCUT2D eigenvalue weighted by Gasteiger charge is 2.28. The number of aromatic nitrogens is 5. The third-order valence-corrected chi connectivity index (χ3v) is 6.94. The molecule has 11 nitrogen and oxygen atoms in total. The van der Waals surface area contributed by atoms with Crippen LogP contribution in [0.15, 0.2) is 60.8 Å². The van der Waals surface area contributed by atoms with Crippen molar-refractivity contribution >= 4 is 56.8 Å². The molecule has 0 unspecified atom stereocenters. The molecule has 14 heteroatoms. The van der Waals surface area contributed by atoms with Crippen LogP contribution in [0, 0.1) is 5.82 Å². The number of halogens is 2. The maximum atomic E-state index is 12.9. The van der Waals surface area contributed by atoms with E-state index in [-0.39, 0.29) is 48.7 Å². The molecule has 3 N–H and O–H groups in total. The molecule has 0 fully saturated rings. The number of aryl methyl sites for hydroxylation is 1. The van der Waals surface area contributed by atoms with Crippen molar-refractivity contribution in [3.63, 3.8) is 0 Å². The van der Waals surface area contributed by atoms with Crippen LogP contribution in [0.2, 0.25) is 5.02 Å². The van der Waals surface area contributed by atoms with E-state index in [0.29, 0.717) is 16.4 Å². The highest BCUT2D eigenvalue weighted by Crippen LogP contribution is 2.25. The first-order valence-electron chi connectivity index (χ1n) is 12.0. The first-order valence-corrected chi connectivity index (χ1v) is 13.1. The van der Waals surface area contributed by atoms with Crippen molar-refractivity contribution < 1.29 is 18.8 Å². The van der Waals surface area contributed by atoms with Gasteiger partial charge in [0.1, 0.15) is 18.1 Å². The molecule has 6 rings (SSSR count). The summed E-state index contributed by atoms with van der Waals surface area (Å²) in [5, 5.41) is 13.8. The van der Waals surface area contributed by atoms with Crippen LogP contribution in [0.25, 0.3) is 10.1 Å². The highest BCUT2D eigenvalue weighted by molar-refractivity contribution is 7.13. The third-order valence-electron chi connectivity index (χ3n) is 5.86. The normalized spacial score (nSPS) is 12.2. The highest BCUT2D eigenvalue weighted by atomic mass is 35.5. The van der Waals surface area contributed by atoms with Crippen LogP contribution < -0.4 is 16.0 Å². The minimum Gasteiger partial charge on any atom is -0.349 e. The van der Waals surface area contributed by atoms with E-state index in [9.17, 15) is 18.8 Å². The van der Waals surface area contributed by atoms with Crippen molar-refractivity contribution in [1.29, 1.82) is 0 Å². The number of hydrogen-bond acceptors (Lipinski definition) is 7. The SMILES string of the molecule is Cn1ccc(CNC(=O)c2nc(NC(=O)c3nsc4ccccc34)c3n2CC(=O)NC3)n1.Fc1ccc(Cl)cc1. The van der Waals surface area contributed by atoms with Gasteiger partial charge in [-0.1, -0.05) is 29.8 Å².